The average Bonchev–Trinajstić information content (AvgIpc) is 2.23. The molecule has 1 aliphatic heterocycles. The van der Waals surface area contributed by atoms with Crippen LogP contribution in [0.15, 0.2) is 18.2 Å². The number of aliphatic hydroxyl groups is 1. The summed E-state index contributed by atoms with van der Waals surface area (Å²) >= 11 is 0. The first-order valence-corrected chi connectivity index (χ1v) is 5.00. The lowest BCUT2D eigenvalue weighted by molar-refractivity contribution is 0.00247. The van der Waals surface area contributed by atoms with Crippen molar-refractivity contribution in [2.45, 2.75) is 18.4 Å². The van der Waals surface area contributed by atoms with Gasteiger partial charge < -0.3 is 10.4 Å². The Hall–Kier alpha value is -1.00. The number of hydrogen-bond acceptors (Lipinski definition) is 2. The summed E-state index contributed by atoms with van der Waals surface area (Å²) in [6, 6.07) is 3.20. The van der Waals surface area contributed by atoms with Crippen LogP contribution in [-0.2, 0) is 5.60 Å². The maximum atomic E-state index is 13.5. The molecule has 1 saturated heterocycles. The van der Waals surface area contributed by atoms with Crippen molar-refractivity contribution in [1.82, 2.24) is 5.32 Å². The summed E-state index contributed by atoms with van der Waals surface area (Å²) < 4.78 is 26.4. The Morgan fingerprint density at radius 1 is 1.20 bits per heavy atom. The summed E-state index contributed by atoms with van der Waals surface area (Å²) in [7, 11) is 0. The third-order valence-corrected chi connectivity index (χ3v) is 2.86. The third kappa shape index (κ3) is 2.01. The fourth-order valence-electron chi connectivity index (χ4n) is 1.96. The Bertz CT molecular complexity index is 362. The molecule has 0 aromatic heterocycles. The molecule has 1 heterocycles. The second-order valence-electron chi connectivity index (χ2n) is 3.91. The number of nitrogens with one attached hydrogen (secondary N) is 1. The van der Waals surface area contributed by atoms with Gasteiger partial charge in [0.05, 0.1) is 5.60 Å². The van der Waals surface area contributed by atoms with Crippen molar-refractivity contribution in [2.75, 3.05) is 13.1 Å². The molecule has 0 bridgehead atoms. The molecule has 1 aromatic carbocycles. The lowest BCUT2D eigenvalue weighted by Crippen LogP contribution is -2.40. The zero-order valence-electron chi connectivity index (χ0n) is 8.26. The maximum Gasteiger partial charge on any atom is 0.129 e. The molecule has 2 N–H and O–H groups in total. The van der Waals surface area contributed by atoms with Crippen LogP contribution in [0.2, 0.25) is 0 Å². The molecular weight excluding hydrogens is 200 g/mol. The molecule has 15 heavy (non-hydrogen) atoms. The topological polar surface area (TPSA) is 32.3 Å². The van der Waals surface area contributed by atoms with E-state index >= 15 is 0 Å². The molecule has 1 aromatic rings. The summed E-state index contributed by atoms with van der Waals surface area (Å²) in [4.78, 5) is 0. The number of piperidine rings is 1. The molecule has 0 amide bonds. The Kier molecular flexibility index (Phi) is 2.71. The van der Waals surface area contributed by atoms with E-state index in [2.05, 4.69) is 5.32 Å². The van der Waals surface area contributed by atoms with Gasteiger partial charge in [-0.2, -0.15) is 0 Å². The minimum atomic E-state index is -1.22. The van der Waals surface area contributed by atoms with Gasteiger partial charge in [-0.05, 0) is 44.1 Å². The summed E-state index contributed by atoms with van der Waals surface area (Å²) in [5, 5.41) is 13.3. The monoisotopic (exact) mass is 213 g/mol. The average molecular weight is 213 g/mol. The smallest absolute Gasteiger partial charge is 0.129 e. The molecule has 0 saturated carbocycles. The second kappa shape index (κ2) is 3.87. The van der Waals surface area contributed by atoms with Gasteiger partial charge in [0.2, 0.25) is 0 Å². The predicted octanol–water partition coefficient (Wildman–Crippen LogP) is 1.54. The van der Waals surface area contributed by atoms with Crippen LogP contribution in [0.5, 0.6) is 0 Å². The van der Waals surface area contributed by atoms with Crippen molar-refractivity contribution in [3.63, 3.8) is 0 Å². The van der Waals surface area contributed by atoms with E-state index in [1.165, 1.54) is 0 Å². The molecule has 0 aliphatic carbocycles. The van der Waals surface area contributed by atoms with Crippen LogP contribution in [-0.4, -0.2) is 18.2 Å². The SMILES string of the molecule is OC1(c2cc(F)ccc2F)CCNCC1. The van der Waals surface area contributed by atoms with E-state index in [9.17, 15) is 13.9 Å². The van der Waals surface area contributed by atoms with Crippen LogP contribution >= 0.6 is 0 Å². The third-order valence-electron chi connectivity index (χ3n) is 2.86. The highest BCUT2D eigenvalue weighted by molar-refractivity contribution is 5.25. The maximum absolute atomic E-state index is 13.5. The Balaban J connectivity index is 2.38. The molecular formula is C11H13F2NO. The van der Waals surface area contributed by atoms with E-state index in [0.29, 0.717) is 25.9 Å². The summed E-state index contributed by atoms with van der Waals surface area (Å²) in [6.07, 6.45) is 0.820. The van der Waals surface area contributed by atoms with Crippen LogP contribution in [0.4, 0.5) is 8.78 Å². The van der Waals surface area contributed by atoms with Gasteiger partial charge in [-0.25, -0.2) is 8.78 Å². The normalized spacial score (nSPS) is 20.2. The Morgan fingerprint density at radius 2 is 1.87 bits per heavy atom. The summed E-state index contributed by atoms with van der Waals surface area (Å²) in [5.74, 6) is -1.06. The van der Waals surface area contributed by atoms with E-state index in [0.717, 1.165) is 18.2 Å². The van der Waals surface area contributed by atoms with E-state index in [1.54, 1.807) is 0 Å². The standard InChI is InChI=1S/C11H13F2NO/c12-8-1-2-10(13)9(7-8)11(15)3-5-14-6-4-11/h1-2,7,14-15H,3-6H2. The van der Waals surface area contributed by atoms with E-state index in [4.69, 9.17) is 0 Å². The highest BCUT2D eigenvalue weighted by atomic mass is 19.1. The first-order chi connectivity index (χ1) is 7.12. The molecule has 1 fully saturated rings. The molecule has 0 spiro atoms. The van der Waals surface area contributed by atoms with Gasteiger partial charge in [0, 0.05) is 5.56 Å². The summed E-state index contributed by atoms with van der Waals surface area (Å²) in [5.41, 5.74) is -1.15. The molecule has 0 atom stereocenters. The minimum Gasteiger partial charge on any atom is -0.385 e. The zero-order valence-corrected chi connectivity index (χ0v) is 8.26. The largest absolute Gasteiger partial charge is 0.385 e. The van der Waals surface area contributed by atoms with Crippen LogP contribution in [0.25, 0.3) is 0 Å². The molecule has 0 unspecified atom stereocenters. The first kappa shape index (κ1) is 10.5. The van der Waals surface area contributed by atoms with Gasteiger partial charge in [-0.1, -0.05) is 0 Å². The molecule has 0 radical (unpaired) electrons. The molecule has 2 rings (SSSR count). The van der Waals surface area contributed by atoms with E-state index in [1.807, 2.05) is 0 Å². The van der Waals surface area contributed by atoms with Crippen molar-refractivity contribution in [1.29, 1.82) is 0 Å². The molecule has 2 nitrogen and oxygen atoms in total. The second-order valence-corrected chi connectivity index (χ2v) is 3.91. The van der Waals surface area contributed by atoms with Crippen molar-refractivity contribution in [3.8, 4) is 0 Å². The fraction of sp³-hybridized carbons (Fsp3) is 0.455. The van der Waals surface area contributed by atoms with Crippen LogP contribution in [0.3, 0.4) is 0 Å². The van der Waals surface area contributed by atoms with Gasteiger partial charge >= 0.3 is 0 Å². The lowest BCUT2D eigenvalue weighted by atomic mass is 9.85. The Morgan fingerprint density at radius 3 is 2.53 bits per heavy atom. The van der Waals surface area contributed by atoms with Crippen molar-refractivity contribution >= 4 is 0 Å². The Labute approximate surface area is 86.9 Å². The van der Waals surface area contributed by atoms with Crippen molar-refractivity contribution in [2.24, 2.45) is 0 Å². The zero-order chi connectivity index (χ0) is 10.9. The van der Waals surface area contributed by atoms with Gasteiger partial charge in [0.15, 0.2) is 0 Å². The number of halogens is 2. The van der Waals surface area contributed by atoms with Crippen LogP contribution in [0, 0.1) is 11.6 Å². The number of hydrogen-bond donors (Lipinski definition) is 2. The first-order valence-electron chi connectivity index (χ1n) is 5.00. The quantitative estimate of drug-likeness (QED) is 0.741. The lowest BCUT2D eigenvalue weighted by Gasteiger charge is -2.33. The van der Waals surface area contributed by atoms with Gasteiger partial charge in [-0.3, -0.25) is 0 Å². The van der Waals surface area contributed by atoms with Crippen LogP contribution < -0.4 is 5.32 Å². The number of benzene rings is 1. The fourth-order valence-corrected chi connectivity index (χ4v) is 1.96. The van der Waals surface area contributed by atoms with Crippen LogP contribution in [0.1, 0.15) is 18.4 Å². The molecule has 82 valence electrons. The highest BCUT2D eigenvalue weighted by Crippen LogP contribution is 2.32. The van der Waals surface area contributed by atoms with Crippen molar-refractivity contribution < 1.29 is 13.9 Å². The molecule has 1 aliphatic rings. The minimum absolute atomic E-state index is 0.0731. The van der Waals surface area contributed by atoms with Crippen molar-refractivity contribution in [3.05, 3.63) is 35.4 Å². The predicted molar refractivity (Wildman–Crippen MR) is 52.4 cm³/mol. The number of rotatable bonds is 1. The molecule has 4 heteroatoms. The van der Waals surface area contributed by atoms with Gasteiger partial charge in [0.1, 0.15) is 11.6 Å². The highest BCUT2D eigenvalue weighted by Gasteiger charge is 2.33. The summed E-state index contributed by atoms with van der Waals surface area (Å²) in [6.45, 7) is 1.24. The van der Waals surface area contributed by atoms with E-state index < -0.39 is 17.2 Å². The van der Waals surface area contributed by atoms with Gasteiger partial charge in [-0.15, -0.1) is 0 Å². The van der Waals surface area contributed by atoms with E-state index in [-0.39, 0.29) is 5.56 Å². The van der Waals surface area contributed by atoms with Gasteiger partial charge in [0.25, 0.3) is 0 Å².